The van der Waals surface area contributed by atoms with E-state index in [9.17, 15) is 27.3 Å². The van der Waals surface area contributed by atoms with Gasteiger partial charge in [0.25, 0.3) is 5.69 Å². The Bertz CT molecular complexity index is 1020. The quantitative estimate of drug-likeness (QED) is 0.518. The van der Waals surface area contributed by atoms with Gasteiger partial charge in [-0.15, -0.1) is 0 Å². The topological polar surface area (TPSA) is 92.6 Å². The molecule has 0 bridgehead atoms. The molecule has 7 nitrogen and oxygen atoms in total. The lowest BCUT2D eigenvalue weighted by Gasteiger charge is -2.33. The number of nitrogens with zero attached hydrogens (tertiary/aromatic N) is 2. The van der Waals surface area contributed by atoms with Crippen LogP contribution in [0.1, 0.15) is 24.0 Å². The summed E-state index contributed by atoms with van der Waals surface area (Å²) in [6, 6.07) is 11.0. The fraction of sp³-hybridized carbons (Fsp3) is 0.400. The Hall–Kier alpha value is -2.59. The number of hydrogen-bond donors (Lipinski definition) is 1. The van der Waals surface area contributed by atoms with Crippen LogP contribution in [0.25, 0.3) is 0 Å². The second-order valence-corrected chi connectivity index (χ2v) is 9.28. The third-order valence-electron chi connectivity index (χ3n) is 5.33. The van der Waals surface area contributed by atoms with E-state index in [2.05, 4.69) is 29.3 Å². The highest BCUT2D eigenvalue weighted by Crippen LogP contribution is 2.31. The number of nitrogens with one attached hydrogen (secondary N) is 1. The molecule has 0 spiro atoms. The van der Waals surface area contributed by atoms with Crippen LogP contribution in [0.15, 0.2) is 47.4 Å². The smallest absolute Gasteiger partial charge is 0.341 e. The number of halogens is 2. The van der Waals surface area contributed by atoms with Gasteiger partial charge in [0.15, 0.2) is 0 Å². The third-order valence-corrected chi connectivity index (χ3v) is 6.71. The molecule has 0 saturated carbocycles. The Morgan fingerprint density at radius 2 is 1.87 bits per heavy atom. The number of likely N-dealkylation sites (tertiary alicyclic amines) is 1. The summed E-state index contributed by atoms with van der Waals surface area (Å²) < 4.78 is 48.7. The minimum absolute atomic E-state index is 0.0330. The fourth-order valence-electron chi connectivity index (χ4n) is 3.55. The normalized spacial score (nSPS) is 16.0. The van der Waals surface area contributed by atoms with Gasteiger partial charge in [-0.2, -0.15) is 8.78 Å². The molecule has 2 aromatic rings. The number of nitro groups is 1. The van der Waals surface area contributed by atoms with Gasteiger partial charge in [-0.3, -0.25) is 15.0 Å². The first-order chi connectivity index (χ1) is 14.2. The molecule has 0 unspecified atom stereocenters. The van der Waals surface area contributed by atoms with E-state index in [1.807, 2.05) is 12.1 Å². The zero-order valence-electron chi connectivity index (χ0n) is 16.4. The Morgan fingerprint density at radius 1 is 1.20 bits per heavy atom. The van der Waals surface area contributed by atoms with E-state index in [-0.39, 0.29) is 11.7 Å². The van der Waals surface area contributed by atoms with Gasteiger partial charge in [0.05, 0.1) is 9.82 Å². The summed E-state index contributed by atoms with van der Waals surface area (Å²) in [6.45, 7) is 4.51. The summed E-state index contributed by atoms with van der Waals surface area (Å²) in [5.41, 5.74) is 2.09. The van der Waals surface area contributed by atoms with Crippen molar-refractivity contribution in [1.82, 2.24) is 4.90 Å². The number of nitro benzene ring substituents is 1. The van der Waals surface area contributed by atoms with Crippen LogP contribution in [-0.2, 0) is 16.4 Å². The molecule has 1 aliphatic heterocycles. The summed E-state index contributed by atoms with van der Waals surface area (Å²) in [5, 5.41) is 14.5. The lowest BCUT2D eigenvalue weighted by molar-refractivity contribution is -0.384. The maximum atomic E-state index is 12.7. The van der Waals surface area contributed by atoms with Gasteiger partial charge in [0, 0.05) is 31.7 Å². The van der Waals surface area contributed by atoms with E-state index in [0.717, 1.165) is 38.5 Å². The maximum Gasteiger partial charge on any atom is 0.341 e. The molecule has 0 atom stereocenters. The number of alkyl halides is 2. The Morgan fingerprint density at radius 3 is 2.47 bits per heavy atom. The first-order valence-corrected chi connectivity index (χ1v) is 11.1. The minimum atomic E-state index is -4.90. The monoisotopic (exact) mass is 439 g/mol. The highest BCUT2D eigenvalue weighted by molar-refractivity contribution is 7.91. The Balaban J connectivity index is 1.67. The number of piperidine rings is 1. The van der Waals surface area contributed by atoms with Crippen LogP contribution in [0, 0.1) is 17.0 Å². The standard InChI is InChI=1S/C20H23F2N3O4S/c1-14-4-2-3-5-15(14)13-24-10-8-16(9-11-24)23-18-7-6-17(12-19(18)25(26)27)30(28,29)20(21)22/h2-7,12,16,20,23H,8-11,13H2,1H3. The summed E-state index contributed by atoms with van der Waals surface area (Å²) in [6.07, 6.45) is 1.50. The van der Waals surface area contributed by atoms with E-state index in [4.69, 9.17) is 0 Å². The number of sulfone groups is 1. The molecule has 1 heterocycles. The van der Waals surface area contributed by atoms with Crippen molar-refractivity contribution in [1.29, 1.82) is 0 Å². The van der Waals surface area contributed by atoms with Gasteiger partial charge in [-0.05, 0) is 43.0 Å². The van der Waals surface area contributed by atoms with Gasteiger partial charge in [-0.25, -0.2) is 8.42 Å². The van der Waals surface area contributed by atoms with E-state index in [1.165, 1.54) is 17.2 Å². The highest BCUT2D eigenvalue weighted by Gasteiger charge is 2.30. The second kappa shape index (κ2) is 9.05. The average molecular weight is 439 g/mol. The first-order valence-electron chi connectivity index (χ1n) is 9.52. The van der Waals surface area contributed by atoms with Crippen molar-refractivity contribution in [3.8, 4) is 0 Å². The van der Waals surface area contributed by atoms with Crippen LogP contribution < -0.4 is 5.32 Å². The van der Waals surface area contributed by atoms with E-state index in [0.29, 0.717) is 6.07 Å². The number of benzene rings is 2. The zero-order valence-corrected chi connectivity index (χ0v) is 17.2. The van der Waals surface area contributed by atoms with Crippen LogP contribution in [0.2, 0.25) is 0 Å². The molecule has 0 aromatic heterocycles. The van der Waals surface area contributed by atoms with Crippen molar-refractivity contribution in [3.63, 3.8) is 0 Å². The summed E-state index contributed by atoms with van der Waals surface area (Å²) >= 11 is 0. The molecular weight excluding hydrogens is 416 g/mol. The van der Waals surface area contributed by atoms with E-state index < -0.39 is 31.1 Å². The number of aryl methyl sites for hydroxylation is 1. The molecule has 1 aliphatic rings. The van der Waals surface area contributed by atoms with Gasteiger partial charge in [0.2, 0.25) is 9.84 Å². The predicted molar refractivity (Wildman–Crippen MR) is 109 cm³/mol. The molecule has 30 heavy (non-hydrogen) atoms. The van der Waals surface area contributed by atoms with Crippen LogP contribution in [0.5, 0.6) is 0 Å². The van der Waals surface area contributed by atoms with E-state index >= 15 is 0 Å². The first kappa shape index (κ1) is 22.1. The van der Waals surface area contributed by atoms with Gasteiger partial charge >= 0.3 is 5.76 Å². The summed E-state index contributed by atoms with van der Waals surface area (Å²) in [4.78, 5) is 12.2. The van der Waals surface area contributed by atoms with Gasteiger partial charge in [-0.1, -0.05) is 24.3 Å². The van der Waals surface area contributed by atoms with Crippen molar-refractivity contribution >= 4 is 21.2 Å². The molecule has 2 aromatic carbocycles. The Kier molecular flexibility index (Phi) is 6.67. The van der Waals surface area contributed by atoms with Crippen LogP contribution in [0.3, 0.4) is 0 Å². The van der Waals surface area contributed by atoms with E-state index in [1.54, 1.807) is 0 Å². The molecule has 1 N–H and O–H groups in total. The molecule has 162 valence electrons. The molecule has 0 amide bonds. The lowest BCUT2D eigenvalue weighted by atomic mass is 10.0. The van der Waals surface area contributed by atoms with Gasteiger partial charge < -0.3 is 5.32 Å². The minimum Gasteiger partial charge on any atom is -0.377 e. The maximum absolute atomic E-state index is 12.7. The van der Waals surface area contributed by atoms with Crippen molar-refractivity contribution in [2.24, 2.45) is 0 Å². The molecule has 10 heteroatoms. The molecule has 1 saturated heterocycles. The third kappa shape index (κ3) is 4.93. The number of rotatable bonds is 7. The Labute approximate surface area is 173 Å². The van der Waals surface area contributed by atoms with Crippen LogP contribution >= 0.6 is 0 Å². The van der Waals surface area contributed by atoms with Crippen molar-refractivity contribution in [2.45, 2.75) is 43.0 Å². The number of hydrogen-bond acceptors (Lipinski definition) is 6. The van der Waals surface area contributed by atoms with Crippen molar-refractivity contribution in [3.05, 3.63) is 63.7 Å². The molecule has 0 radical (unpaired) electrons. The largest absolute Gasteiger partial charge is 0.377 e. The van der Waals surface area contributed by atoms with Gasteiger partial charge in [0.1, 0.15) is 5.69 Å². The van der Waals surface area contributed by atoms with Crippen molar-refractivity contribution in [2.75, 3.05) is 18.4 Å². The second-order valence-electron chi connectivity index (χ2n) is 7.36. The SMILES string of the molecule is Cc1ccccc1CN1CCC(Nc2ccc(S(=O)(=O)C(F)F)cc2[N+](=O)[O-])CC1. The molecule has 0 aliphatic carbocycles. The van der Waals surface area contributed by atoms with Crippen LogP contribution in [-0.4, -0.2) is 43.1 Å². The molecule has 3 rings (SSSR count). The summed E-state index contributed by atoms with van der Waals surface area (Å²) in [7, 11) is -4.90. The highest BCUT2D eigenvalue weighted by atomic mass is 32.2. The van der Waals surface area contributed by atoms with Crippen molar-refractivity contribution < 1.29 is 22.1 Å². The summed E-state index contributed by atoms with van der Waals surface area (Å²) in [5.74, 6) is -3.63. The molecular formula is C20H23F2N3O4S. The molecule has 1 fully saturated rings. The van der Waals surface area contributed by atoms with Crippen LogP contribution in [0.4, 0.5) is 20.2 Å². The zero-order chi connectivity index (χ0) is 21.9. The predicted octanol–water partition coefficient (Wildman–Crippen LogP) is 3.98. The lowest BCUT2D eigenvalue weighted by Crippen LogP contribution is -2.38. The fourth-order valence-corrected chi connectivity index (χ4v) is 4.29. The number of anilines is 1. The average Bonchev–Trinajstić information content (AvgIpc) is 2.71.